The Morgan fingerprint density at radius 3 is 2.43 bits per heavy atom. The summed E-state index contributed by atoms with van der Waals surface area (Å²) in [6, 6.07) is 19.8. The molecule has 3 heterocycles. The fourth-order valence-corrected chi connectivity index (χ4v) is 5.28. The molecule has 1 fully saturated rings. The maximum absolute atomic E-state index is 9.89. The monoisotopic (exact) mass is 486 g/mol. The topological polar surface area (TPSA) is 49.5 Å². The molecule has 0 saturated carbocycles. The van der Waals surface area contributed by atoms with E-state index < -0.39 is 0 Å². The van der Waals surface area contributed by atoms with E-state index in [1.165, 1.54) is 31.5 Å². The van der Waals surface area contributed by atoms with Gasteiger partial charge in [0.15, 0.2) is 5.22 Å². The summed E-state index contributed by atoms with van der Waals surface area (Å²) in [6.07, 6.45) is 7.63. The highest BCUT2D eigenvalue weighted by Gasteiger charge is 2.16. The number of fused-ring (bicyclic) bond motifs is 1. The Kier molecular flexibility index (Phi) is 7.21. The molecule has 0 atom stereocenters. The zero-order valence-electron chi connectivity index (χ0n) is 20.1. The van der Waals surface area contributed by atoms with Crippen LogP contribution in [-0.2, 0) is 6.42 Å². The van der Waals surface area contributed by atoms with Crippen molar-refractivity contribution in [2.45, 2.75) is 39.0 Å². The Labute approximate surface area is 211 Å². The molecule has 5 heteroatoms. The van der Waals surface area contributed by atoms with Crippen LogP contribution >= 0.6 is 11.6 Å². The third-order valence-corrected chi connectivity index (χ3v) is 7.05. The van der Waals surface area contributed by atoms with Crippen molar-refractivity contribution in [3.8, 4) is 5.75 Å². The lowest BCUT2D eigenvalue weighted by Crippen LogP contribution is -2.20. The summed E-state index contributed by atoms with van der Waals surface area (Å²) < 4.78 is 5.57. The number of pyridine rings is 1. The molecule has 1 N–H and O–H groups in total. The fraction of sp³-hybridized carbons (Fsp3) is 0.300. The summed E-state index contributed by atoms with van der Waals surface area (Å²) in [5, 5.41) is 11.3. The average molecular weight is 487 g/mol. The van der Waals surface area contributed by atoms with Crippen molar-refractivity contribution in [3.05, 3.63) is 94.5 Å². The van der Waals surface area contributed by atoms with Crippen LogP contribution in [-0.4, -0.2) is 34.6 Å². The smallest absolute Gasteiger partial charge is 0.194 e. The molecule has 0 unspecified atom stereocenters. The summed E-state index contributed by atoms with van der Waals surface area (Å²) in [5.41, 5.74) is 7.48. The predicted molar refractivity (Wildman–Crippen MR) is 144 cm³/mol. The van der Waals surface area contributed by atoms with Crippen LogP contribution in [0.5, 0.6) is 5.75 Å². The fourth-order valence-electron chi connectivity index (χ4n) is 5.08. The number of aromatic nitrogens is 1. The lowest BCUT2D eigenvalue weighted by Gasteiger charge is -2.17. The minimum absolute atomic E-state index is 0.257. The normalized spacial score (nSPS) is 15.0. The number of phenolic OH excluding ortho intramolecular Hbond substituents is 1. The van der Waals surface area contributed by atoms with Gasteiger partial charge in [-0.2, -0.15) is 0 Å². The molecular weight excluding hydrogens is 456 g/mol. The first-order valence-electron chi connectivity index (χ1n) is 12.5. The molecule has 4 nitrogen and oxygen atoms in total. The summed E-state index contributed by atoms with van der Waals surface area (Å²) >= 11 is 6.09. The van der Waals surface area contributed by atoms with Gasteiger partial charge < -0.3 is 14.4 Å². The second kappa shape index (κ2) is 10.7. The molecule has 35 heavy (non-hydrogen) atoms. The maximum Gasteiger partial charge on any atom is 0.194 e. The second-order valence-corrected chi connectivity index (χ2v) is 9.62. The molecule has 0 aliphatic carbocycles. The van der Waals surface area contributed by atoms with Gasteiger partial charge in [0, 0.05) is 28.9 Å². The van der Waals surface area contributed by atoms with Crippen molar-refractivity contribution in [1.82, 2.24) is 9.88 Å². The zero-order valence-corrected chi connectivity index (χ0v) is 20.9. The van der Waals surface area contributed by atoms with Crippen LogP contribution in [0.2, 0.25) is 5.22 Å². The number of nitrogens with zero attached hydrogens (tertiary/aromatic N) is 2. The van der Waals surface area contributed by atoms with Crippen molar-refractivity contribution in [2.24, 2.45) is 0 Å². The predicted octanol–water partition coefficient (Wildman–Crippen LogP) is 7.58. The maximum atomic E-state index is 9.89. The molecule has 1 aliphatic heterocycles. The molecule has 4 aromatic rings. The highest BCUT2D eigenvalue weighted by Crippen LogP contribution is 2.36. The largest absolute Gasteiger partial charge is 0.508 e. The molecular formula is C30H31ClN2O2. The van der Waals surface area contributed by atoms with Crippen LogP contribution in [0.25, 0.3) is 22.1 Å². The minimum atomic E-state index is 0.257. The van der Waals surface area contributed by atoms with Gasteiger partial charge in [0.2, 0.25) is 0 Å². The molecule has 0 bridgehead atoms. The SMILES string of the molecule is CC/C(=C(\c1ccc(O)cc1)c1ccc(CCCN2CCCC2)nc1)c1ccc2oc(Cl)cc2c1. The van der Waals surface area contributed by atoms with E-state index in [0.717, 1.165) is 64.7 Å². The number of hydrogen-bond acceptors (Lipinski definition) is 4. The van der Waals surface area contributed by atoms with E-state index in [9.17, 15) is 5.11 Å². The molecule has 2 aromatic carbocycles. The first-order valence-corrected chi connectivity index (χ1v) is 12.9. The van der Waals surface area contributed by atoms with E-state index in [2.05, 4.69) is 36.1 Å². The standard InChI is InChI=1S/C30H31ClN2O2/c1-2-27(22-10-14-28-24(18-22)19-29(31)35-28)30(21-8-12-26(34)13-9-21)23-7-11-25(32-20-23)6-5-17-33-15-3-4-16-33/h7-14,18-20,34H,2-6,15-17H2,1H3/b30-27-. The number of hydrogen-bond donors (Lipinski definition) is 1. The Hall–Kier alpha value is -3.08. The number of halogens is 1. The summed E-state index contributed by atoms with van der Waals surface area (Å²) in [7, 11) is 0. The minimum Gasteiger partial charge on any atom is -0.508 e. The van der Waals surface area contributed by atoms with Crippen molar-refractivity contribution >= 4 is 33.7 Å². The highest BCUT2D eigenvalue weighted by molar-refractivity contribution is 6.29. The average Bonchev–Trinajstić information content (AvgIpc) is 3.52. The lowest BCUT2D eigenvalue weighted by atomic mass is 9.88. The number of aryl methyl sites for hydroxylation is 1. The van der Waals surface area contributed by atoms with Crippen molar-refractivity contribution in [3.63, 3.8) is 0 Å². The second-order valence-electron chi connectivity index (χ2n) is 9.25. The number of phenols is 1. The number of aromatic hydroxyl groups is 1. The van der Waals surface area contributed by atoms with Gasteiger partial charge in [-0.1, -0.05) is 31.2 Å². The Morgan fingerprint density at radius 2 is 1.71 bits per heavy atom. The van der Waals surface area contributed by atoms with Gasteiger partial charge in [0.05, 0.1) is 0 Å². The van der Waals surface area contributed by atoms with Crippen LogP contribution in [0.1, 0.15) is 55.0 Å². The number of allylic oxidation sites excluding steroid dienone is 1. The first kappa shape index (κ1) is 23.7. The van der Waals surface area contributed by atoms with Crippen LogP contribution in [0.15, 0.2) is 71.3 Å². The highest BCUT2D eigenvalue weighted by atomic mass is 35.5. The molecule has 1 saturated heterocycles. The summed E-state index contributed by atoms with van der Waals surface area (Å²) in [4.78, 5) is 7.39. The first-order chi connectivity index (χ1) is 17.1. The van der Waals surface area contributed by atoms with E-state index in [0.29, 0.717) is 5.22 Å². The quantitative estimate of drug-likeness (QED) is 0.261. The van der Waals surface area contributed by atoms with Gasteiger partial charge in [0.25, 0.3) is 0 Å². The molecule has 0 amide bonds. The van der Waals surface area contributed by atoms with Crippen LogP contribution in [0, 0.1) is 0 Å². The third-order valence-electron chi connectivity index (χ3n) is 6.87. The Morgan fingerprint density at radius 1 is 0.971 bits per heavy atom. The van der Waals surface area contributed by atoms with E-state index in [1.54, 1.807) is 12.1 Å². The summed E-state index contributed by atoms with van der Waals surface area (Å²) in [5.74, 6) is 0.257. The molecule has 0 spiro atoms. The number of likely N-dealkylation sites (tertiary alicyclic amines) is 1. The van der Waals surface area contributed by atoms with Gasteiger partial charge in [-0.25, -0.2) is 0 Å². The van der Waals surface area contributed by atoms with Gasteiger partial charge >= 0.3 is 0 Å². The van der Waals surface area contributed by atoms with Gasteiger partial charge in [-0.15, -0.1) is 0 Å². The molecule has 5 rings (SSSR count). The number of furan rings is 1. The van der Waals surface area contributed by atoms with Gasteiger partial charge in [-0.05, 0) is 116 Å². The van der Waals surface area contributed by atoms with Crippen molar-refractivity contribution in [2.75, 3.05) is 19.6 Å². The van der Waals surface area contributed by atoms with Crippen molar-refractivity contribution in [1.29, 1.82) is 0 Å². The van der Waals surface area contributed by atoms with Crippen LogP contribution in [0.4, 0.5) is 0 Å². The van der Waals surface area contributed by atoms with Gasteiger partial charge in [-0.3, -0.25) is 4.98 Å². The number of rotatable bonds is 8. The number of benzene rings is 2. The Balaban J connectivity index is 1.49. The molecule has 0 radical (unpaired) electrons. The lowest BCUT2D eigenvalue weighted by molar-refractivity contribution is 0.333. The summed E-state index contributed by atoms with van der Waals surface area (Å²) in [6.45, 7) is 5.80. The van der Waals surface area contributed by atoms with Crippen LogP contribution in [0.3, 0.4) is 0 Å². The van der Waals surface area contributed by atoms with E-state index in [1.807, 2.05) is 30.5 Å². The zero-order chi connectivity index (χ0) is 24.2. The van der Waals surface area contributed by atoms with E-state index >= 15 is 0 Å². The van der Waals surface area contributed by atoms with Gasteiger partial charge in [0.1, 0.15) is 11.3 Å². The third kappa shape index (κ3) is 5.44. The molecule has 2 aromatic heterocycles. The Bertz CT molecular complexity index is 1320. The molecule has 180 valence electrons. The van der Waals surface area contributed by atoms with E-state index in [-0.39, 0.29) is 5.75 Å². The van der Waals surface area contributed by atoms with Crippen LogP contribution < -0.4 is 0 Å². The van der Waals surface area contributed by atoms with E-state index in [4.69, 9.17) is 21.0 Å². The van der Waals surface area contributed by atoms with Crippen molar-refractivity contribution < 1.29 is 9.52 Å². The molecule has 1 aliphatic rings.